The first-order chi connectivity index (χ1) is 9.40. The smallest absolute Gasteiger partial charge is 0.340 e. The minimum atomic E-state index is -1.23. The van der Waals surface area contributed by atoms with Crippen molar-refractivity contribution in [2.75, 3.05) is 5.32 Å². The van der Waals surface area contributed by atoms with Gasteiger partial charge in [0.1, 0.15) is 22.1 Å². The molecular formula is C12H9FN2O4S. The van der Waals surface area contributed by atoms with Crippen LogP contribution in [0.5, 0.6) is 5.75 Å². The third kappa shape index (κ3) is 2.59. The first-order valence-electron chi connectivity index (χ1n) is 5.39. The fourth-order valence-electron chi connectivity index (χ4n) is 1.57. The number of aromatic nitrogens is 1. The zero-order chi connectivity index (χ0) is 14.9. The lowest BCUT2D eigenvalue weighted by molar-refractivity contribution is 0.0697. The summed E-state index contributed by atoms with van der Waals surface area (Å²) in [5, 5.41) is 20.9. The zero-order valence-corrected chi connectivity index (χ0v) is 11.0. The molecule has 104 valence electrons. The Morgan fingerprint density at radius 3 is 2.75 bits per heavy atom. The van der Waals surface area contributed by atoms with E-state index in [1.165, 1.54) is 6.92 Å². The van der Waals surface area contributed by atoms with Crippen molar-refractivity contribution in [3.8, 4) is 5.75 Å². The topological polar surface area (TPSA) is 99.5 Å². The largest absolute Gasteiger partial charge is 0.507 e. The van der Waals surface area contributed by atoms with Gasteiger partial charge in [-0.2, -0.15) is 4.37 Å². The molecule has 0 unspecified atom stereocenters. The van der Waals surface area contributed by atoms with E-state index < -0.39 is 23.4 Å². The van der Waals surface area contributed by atoms with Crippen LogP contribution in [0.3, 0.4) is 0 Å². The standard InChI is InChI=1S/C12H9FN2O4S/c1-5-9(12(18)19)11(20-15-5)14-10(17)7-4-6(13)2-3-8(7)16/h2-4,16H,1H3,(H,14,17)(H,18,19). The summed E-state index contributed by atoms with van der Waals surface area (Å²) in [7, 11) is 0. The van der Waals surface area contributed by atoms with Gasteiger partial charge in [0, 0.05) is 0 Å². The van der Waals surface area contributed by atoms with Crippen LogP contribution in [0.1, 0.15) is 26.4 Å². The van der Waals surface area contributed by atoms with E-state index in [-0.39, 0.29) is 21.8 Å². The molecule has 0 spiro atoms. The van der Waals surface area contributed by atoms with Crippen molar-refractivity contribution in [3.63, 3.8) is 0 Å². The molecule has 0 aliphatic carbocycles. The highest BCUT2D eigenvalue weighted by molar-refractivity contribution is 7.11. The van der Waals surface area contributed by atoms with Crippen molar-refractivity contribution in [3.05, 3.63) is 40.8 Å². The van der Waals surface area contributed by atoms with Crippen LogP contribution in [0.15, 0.2) is 18.2 Å². The van der Waals surface area contributed by atoms with Gasteiger partial charge in [-0.3, -0.25) is 4.79 Å². The average molecular weight is 296 g/mol. The van der Waals surface area contributed by atoms with Gasteiger partial charge in [0.05, 0.1) is 11.3 Å². The minimum Gasteiger partial charge on any atom is -0.507 e. The van der Waals surface area contributed by atoms with E-state index in [4.69, 9.17) is 5.11 Å². The maximum Gasteiger partial charge on any atom is 0.340 e. The Bertz CT molecular complexity index is 699. The molecule has 1 amide bonds. The molecule has 2 rings (SSSR count). The number of carbonyl (C=O) groups is 2. The van der Waals surface area contributed by atoms with Gasteiger partial charge in [-0.05, 0) is 36.7 Å². The second kappa shape index (κ2) is 5.25. The number of nitrogens with one attached hydrogen (secondary N) is 1. The molecule has 3 N–H and O–H groups in total. The second-order valence-electron chi connectivity index (χ2n) is 3.89. The van der Waals surface area contributed by atoms with Crippen LogP contribution in [0.25, 0.3) is 0 Å². The van der Waals surface area contributed by atoms with E-state index in [1.54, 1.807) is 0 Å². The maximum absolute atomic E-state index is 13.1. The van der Waals surface area contributed by atoms with E-state index in [2.05, 4.69) is 9.69 Å². The van der Waals surface area contributed by atoms with Crippen LogP contribution in [0, 0.1) is 12.7 Å². The summed E-state index contributed by atoms with van der Waals surface area (Å²) in [5.41, 5.74) is -0.145. The normalized spacial score (nSPS) is 10.3. The first kappa shape index (κ1) is 13.9. The van der Waals surface area contributed by atoms with E-state index in [0.29, 0.717) is 0 Å². The molecule has 8 heteroatoms. The maximum atomic E-state index is 13.1. The van der Waals surface area contributed by atoms with Crippen molar-refractivity contribution < 1.29 is 24.2 Å². The van der Waals surface area contributed by atoms with Crippen molar-refractivity contribution >= 4 is 28.4 Å². The number of nitrogens with zero attached hydrogens (tertiary/aromatic N) is 1. The van der Waals surface area contributed by atoms with Gasteiger partial charge in [0.2, 0.25) is 0 Å². The number of halogens is 1. The molecular weight excluding hydrogens is 287 g/mol. The van der Waals surface area contributed by atoms with Gasteiger partial charge in [0.25, 0.3) is 5.91 Å². The molecule has 0 saturated heterocycles. The molecule has 20 heavy (non-hydrogen) atoms. The van der Waals surface area contributed by atoms with Crippen LogP contribution < -0.4 is 5.32 Å². The van der Waals surface area contributed by atoms with Crippen molar-refractivity contribution in [2.45, 2.75) is 6.92 Å². The summed E-state index contributed by atoms with van der Waals surface area (Å²) in [5.74, 6) is -3.13. The summed E-state index contributed by atoms with van der Waals surface area (Å²) in [4.78, 5) is 23.0. The van der Waals surface area contributed by atoms with E-state index >= 15 is 0 Å². The van der Waals surface area contributed by atoms with Crippen LogP contribution in [0.4, 0.5) is 9.39 Å². The number of benzene rings is 1. The van der Waals surface area contributed by atoms with Crippen LogP contribution in [0.2, 0.25) is 0 Å². The zero-order valence-electron chi connectivity index (χ0n) is 10.2. The lowest BCUT2D eigenvalue weighted by Crippen LogP contribution is -2.14. The number of anilines is 1. The summed E-state index contributed by atoms with van der Waals surface area (Å²) < 4.78 is 16.9. The molecule has 6 nitrogen and oxygen atoms in total. The van der Waals surface area contributed by atoms with Crippen molar-refractivity contribution in [1.29, 1.82) is 0 Å². The van der Waals surface area contributed by atoms with Gasteiger partial charge in [-0.25, -0.2) is 9.18 Å². The lowest BCUT2D eigenvalue weighted by Gasteiger charge is -2.05. The fourth-order valence-corrected chi connectivity index (χ4v) is 2.35. The summed E-state index contributed by atoms with van der Waals surface area (Å²) in [6.07, 6.45) is 0. The molecule has 1 heterocycles. The van der Waals surface area contributed by atoms with Crippen LogP contribution in [-0.2, 0) is 0 Å². The number of carbonyl (C=O) groups excluding carboxylic acids is 1. The molecule has 0 aliphatic heterocycles. The molecule has 0 atom stereocenters. The fraction of sp³-hybridized carbons (Fsp3) is 0.0833. The number of aromatic hydroxyl groups is 1. The molecule has 0 radical (unpaired) electrons. The number of rotatable bonds is 3. The minimum absolute atomic E-state index is 0.0312. The van der Waals surface area contributed by atoms with Crippen molar-refractivity contribution in [1.82, 2.24) is 4.37 Å². The SMILES string of the molecule is Cc1nsc(NC(=O)c2cc(F)ccc2O)c1C(=O)O. The second-order valence-corrected chi connectivity index (χ2v) is 4.67. The lowest BCUT2D eigenvalue weighted by atomic mass is 10.1. The Balaban J connectivity index is 2.33. The first-order valence-corrected chi connectivity index (χ1v) is 6.17. The number of hydrogen-bond acceptors (Lipinski definition) is 5. The number of carboxylic acids is 1. The van der Waals surface area contributed by atoms with E-state index in [0.717, 1.165) is 29.7 Å². The number of phenols is 1. The Morgan fingerprint density at radius 1 is 1.40 bits per heavy atom. The molecule has 0 aliphatic rings. The third-order valence-corrected chi connectivity index (χ3v) is 3.36. The number of hydrogen-bond donors (Lipinski definition) is 3. The third-order valence-electron chi connectivity index (χ3n) is 2.51. The molecule has 0 saturated carbocycles. The summed E-state index contributed by atoms with van der Waals surface area (Å²) >= 11 is 0.799. The van der Waals surface area contributed by atoms with Crippen LogP contribution >= 0.6 is 11.5 Å². The van der Waals surface area contributed by atoms with E-state index in [9.17, 15) is 19.1 Å². The monoisotopic (exact) mass is 296 g/mol. The van der Waals surface area contributed by atoms with Crippen molar-refractivity contribution in [2.24, 2.45) is 0 Å². The van der Waals surface area contributed by atoms with Gasteiger partial charge in [-0.15, -0.1) is 0 Å². The summed E-state index contributed by atoms with van der Waals surface area (Å²) in [6, 6.07) is 2.91. The predicted octanol–water partition coefficient (Wildman–Crippen LogP) is 2.25. The molecule has 0 fully saturated rings. The Labute approximate surface area is 116 Å². The Kier molecular flexibility index (Phi) is 3.66. The predicted molar refractivity (Wildman–Crippen MR) is 69.8 cm³/mol. The number of phenolic OH excluding ortho intramolecular Hbond substituents is 1. The van der Waals surface area contributed by atoms with Gasteiger partial charge < -0.3 is 15.5 Å². The summed E-state index contributed by atoms with van der Waals surface area (Å²) in [6.45, 7) is 1.50. The Morgan fingerprint density at radius 2 is 2.10 bits per heavy atom. The Hall–Kier alpha value is -2.48. The number of carboxylic acid groups (broad SMARTS) is 1. The molecule has 1 aromatic heterocycles. The molecule has 0 bridgehead atoms. The highest BCUT2D eigenvalue weighted by atomic mass is 32.1. The van der Waals surface area contributed by atoms with Gasteiger partial charge >= 0.3 is 5.97 Å². The highest BCUT2D eigenvalue weighted by Crippen LogP contribution is 2.26. The van der Waals surface area contributed by atoms with Gasteiger partial charge in [-0.1, -0.05) is 0 Å². The van der Waals surface area contributed by atoms with Crippen LogP contribution in [-0.4, -0.2) is 26.5 Å². The number of aryl methyl sites for hydroxylation is 1. The quantitative estimate of drug-likeness (QED) is 0.806. The van der Waals surface area contributed by atoms with E-state index in [1.807, 2.05) is 0 Å². The number of aromatic carboxylic acids is 1. The van der Waals surface area contributed by atoms with Gasteiger partial charge in [0.15, 0.2) is 0 Å². The number of amides is 1. The molecule has 1 aromatic carbocycles. The average Bonchev–Trinajstić information content (AvgIpc) is 2.73. The molecule has 2 aromatic rings. The highest BCUT2D eigenvalue weighted by Gasteiger charge is 2.21.